The summed E-state index contributed by atoms with van der Waals surface area (Å²) in [6, 6.07) is 6.13. The molecular weight excluding hydrogens is 298 g/mol. The molecule has 0 fully saturated rings. The van der Waals surface area contributed by atoms with E-state index in [2.05, 4.69) is 22.1 Å². The highest BCUT2D eigenvalue weighted by molar-refractivity contribution is 7.99. The summed E-state index contributed by atoms with van der Waals surface area (Å²) in [5.41, 5.74) is 2.45. The molecule has 1 heterocycles. The Morgan fingerprint density at radius 3 is 2.85 bits per heavy atom. The first-order valence-electron chi connectivity index (χ1n) is 6.09. The highest BCUT2D eigenvalue weighted by atomic mass is 35.5. The molecule has 0 saturated carbocycles. The minimum atomic E-state index is -0.544. The van der Waals surface area contributed by atoms with Gasteiger partial charge in [0.25, 0.3) is 0 Å². The molecule has 0 N–H and O–H groups in total. The molecule has 0 aliphatic heterocycles. The Hall–Kier alpha value is -1.66. The molecule has 2 aromatic rings. The smallest absolute Gasteiger partial charge is 0.258 e. The van der Waals surface area contributed by atoms with Crippen LogP contribution in [-0.4, -0.2) is 14.9 Å². The normalized spacial score (nSPS) is 13.2. The molecule has 0 bridgehead atoms. The average molecular weight is 308 g/mol. The fourth-order valence-corrected chi connectivity index (χ4v) is 3.48. The first-order chi connectivity index (χ1) is 9.65. The maximum Gasteiger partial charge on any atom is 0.338 e. The fraction of sp³-hybridized carbons (Fsp3) is 0.231. The van der Waals surface area contributed by atoms with Crippen LogP contribution in [0.1, 0.15) is 17.5 Å². The minimum Gasteiger partial charge on any atom is -0.258 e. The predicted octanol–water partition coefficient (Wildman–Crippen LogP) is 3.68. The van der Waals surface area contributed by atoms with Crippen molar-refractivity contribution in [3.05, 3.63) is 50.9 Å². The number of aryl methyl sites for hydroxylation is 2. The second kappa shape index (κ2) is 5.38. The van der Waals surface area contributed by atoms with E-state index in [1.807, 2.05) is 6.07 Å². The molecule has 0 unspecified atom stereocenters. The van der Waals surface area contributed by atoms with Gasteiger partial charge in [-0.25, -0.2) is 9.97 Å². The van der Waals surface area contributed by atoms with Crippen molar-refractivity contribution in [2.45, 2.75) is 29.2 Å². The van der Waals surface area contributed by atoms with Crippen molar-refractivity contribution in [3.63, 3.8) is 0 Å². The second-order valence-corrected chi connectivity index (χ2v) is 5.88. The van der Waals surface area contributed by atoms with Gasteiger partial charge in [0.15, 0.2) is 5.03 Å². The first-order valence-corrected chi connectivity index (χ1v) is 7.29. The van der Waals surface area contributed by atoms with Gasteiger partial charge in [-0.15, -0.1) is 0 Å². The number of nitro groups is 1. The van der Waals surface area contributed by atoms with Crippen LogP contribution in [0.5, 0.6) is 0 Å². The Labute approximate surface area is 124 Å². The maximum absolute atomic E-state index is 11.0. The number of fused-ring (bicyclic) bond motifs is 1. The molecule has 3 rings (SSSR count). The summed E-state index contributed by atoms with van der Waals surface area (Å²) in [6.45, 7) is 0. The number of nitrogens with zero attached hydrogens (tertiary/aromatic N) is 3. The number of hydrogen-bond donors (Lipinski definition) is 0. The third-order valence-electron chi connectivity index (χ3n) is 3.21. The average Bonchev–Trinajstić information content (AvgIpc) is 2.85. The molecule has 0 atom stereocenters. The molecule has 7 heteroatoms. The molecule has 1 aromatic carbocycles. The van der Waals surface area contributed by atoms with Crippen molar-refractivity contribution in [1.29, 1.82) is 0 Å². The molecule has 0 spiro atoms. The third-order valence-corrected chi connectivity index (χ3v) is 4.47. The van der Waals surface area contributed by atoms with E-state index in [1.165, 1.54) is 35.6 Å². The van der Waals surface area contributed by atoms with Crippen LogP contribution >= 0.6 is 23.4 Å². The van der Waals surface area contributed by atoms with E-state index >= 15 is 0 Å². The van der Waals surface area contributed by atoms with Crippen LogP contribution in [-0.2, 0) is 12.8 Å². The highest BCUT2D eigenvalue weighted by Crippen LogP contribution is 2.37. The van der Waals surface area contributed by atoms with Crippen molar-refractivity contribution >= 4 is 29.1 Å². The lowest BCUT2D eigenvalue weighted by Gasteiger charge is -2.05. The molecule has 5 nitrogen and oxygen atoms in total. The van der Waals surface area contributed by atoms with Crippen molar-refractivity contribution in [1.82, 2.24) is 9.97 Å². The van der Waals surface area contributed by atoms with E-state index in [0.29, 0.717) is 0 Å². The van der Waals surface area contributed by atoms with Gasteiger partial charge >= 0.3 is 5.69 Å². The molecule has 1 aliphatic rings. The standard InChI is InChI=1S/C13H10ClN3O2S/c14-12-11(17(18)19)13(16-7-15-12)20-10-5-4-8-2-1-3-9(8)6-10/h4-7H,1-3H2. The van der Waals surface area contributed by atoms with Gasteiger partial charge in [-0.1, -0.05) is 29.4 Å². The van der Waals surface area contributed by atoms with E-state index < -0.39 is 4.92 Å². The molecule has 0 saturated heterocycles. The lowest BCUT2D eigenvalue weighted by atomic mass is 10.1. The van der Waals surface area contributed by atoms with Gasteiger partial charge in [-0.3, -0.25) is 10.1 Å². The van der Waals surface area contributed by atoms with Crippen LogP contribution < -0.4 is 0 Å². The van der Waals surface area contributed by atoms with Crippen LogP contribution in [0.15, 0.2) is 34.4 Å². The van der Waals surface area contributed by atoms with Gasteiger partial charge in [0.1, 0.15) is 6.33 Å². The Kier molecular flexibility index (Phi) is 3.58. The van der Waals surface area contributed by atoms with Gasteiger partial charge in [0, 0.05) is 4.90 Å². The number of hydrogen-bond acceptors (Lipinski definition) is 5. The quantitative estimate of drug-likeness (QED) is 0.491. The molecule has 20 heavy (non-hydrogen) atoms. The van der Waals surface area contributed by atoms with Crippen molar-refractivity contribution in [2.24, 2.45) is 0 Å². The molecular formula is C13H10ClN3O2S. The Bertz CT molecular complexity index is 693. The van der Waals surface area contributed by atoms with E-state index in [1.54, 1.807) is 0 Å². The number of halogens is 1. The third kappa shape index (κ3) is 2.48. The molecule has 1 aliphatic carbocycles. The van der Waals surface area contributed by atoms with E-state index in [-0.39, 0.29) is 15.9 Å². The zero-order chi connectivity index (χ0) is 14.1. The monoisotopic (exact) mass is 307 g/mol. The molecule has 0 amide bonds. The van der Waals surface area contributed by atoms with Crippen molar-refractivity contribution in [2.75, 3.05) is 0 Å². The molecule has 1 aromatic heterocycles. The summed E-state index contributed by atoms with van der Waals surface area (Å²) >= 11 is 7.02. The van der Waals surface area contributed by atoms with Crippen LogP contribution in [0.3, 0.4) is 0 Å². The van der Waals surface area contributed by atoms with Gasteiger partial charge in [-0.2, -0.15) is 0 Å². The zero-order valence-corrected chi connectivity index (χ0v) is 11.9. The van der Waals surface area contributed by atoms with E-state index in [0.717, 1.165) is 17.7 Å². The summed E-state index contributed by atoms with van der Waals surface area (Å²) < 4.78 is 0. The van der Waals surface area contributed by atoms with Gasteiger partial charge in [-0.05, 0) is 42.5 Å². The Balaban J connectivity index is 1.95. The Morgan fingerprint density at radius 2 is 2.05 bits per heavy atom. The van der Waals surface area contributed by atoms with E-state index in [4.69, 9.17) is 11.6 Å². The van der Waals surface area contributed by atoms with Crippen LogP contribution in [0.4, 0.5) is 5.69 Å². The zero-order valence-electron chi connectivity index (χ0n) is 10.4. The lowest BCUT2D eigenvalue weighted by Crippen LogP contribution is -1.96. The number of rotatable bonds is 3. The topological polar surface area (TPSA) is 68.9 Å². The summed E-state index contributed by atoms with van der Waals surface area (Å²) in [6.07, 6.45) is 4.59. The van der Waals surface area contributed by atoms with Crippen molar-refractivity contribution < 1.29 is 4.92 Å². The first kappa shape index (κ1) is 13.3. The maximum atomic E-state index is 11.0. The summed E-state index contributed by atoms with van der Waals surface area (Å²) in [5.74, 6) is 0. The highest BCUT2D eigenvalue weighted by Gasteiger charge is 2.22. The number of aromatic nitrogens is 2. The molecule has 102 valence electrons. The Morgan fingerprint density at radius 1 is 1.25 bits per heavy atom. The van der Waals surface area contributed by atoms with Crippen LogP contribution in [0.2, 0.25) is 5.15 Å². The predicted molar refractivity (Wildman–Crippen MR) is 76.3 cm³/mol. The van der Waals surface area contributed by atoms with Crippen LogP contribution in [0, 0.1) is 10.1 Å². The fourth-order valence-electron chi connectivity index (χ4n) is 2.29. The van der Waals surface area contributed by atoms with Gasteiger partial charge in [0.05, 0.1) is 4.92 Å². The number of benzene rings is 1. The van der Waals surface area contributed by atoms with Gasteiger partial charge in [0.2, 0.25) is 5.15 Å². The summed E-state index contributed by atoms with van der Waals surface area (Å²) in [7, 11) is 0. The summed E-state index contributed by atoms with van der Waals surface area (Å²) in [4.78, 5) is 19.1. The van der Waals surface area contributed by atoms with E-state index in [9.17, 15) is 10.1 Å². The van der Waals surface area contributed by atoms with Gasteiger partial charge < -0.3 is 0 Å². The largest absolute Gasteiger partial charge is 0.338 e. The molecule has 0 radical (unpaired) electrons. The lowest BCUT2D eigenvalue weighted by molar-refractivity contribution is -0.388. The van der Waals surface area contributed by atoms with Crippen LogP contribution in [0.25, 0.3) is 0 Å². The SMILES string of the molecule is O=[N+]([O-])c1c(Cl)ncnc1Sc1ccc2c(c1)CCC2. The minimum absolute atomic E-state index is 0.131. The summed E-state index contributed by atoms with van der Waals surface area (Å²) in [5, 5.41) is 11.2. The van der Waals surface area contributed by atoms with Crippen molar-refractivity contribution in [3.8, 4) is 0 Å². The second-order valence-electron chi connectivity index (χ2n) is 4.46.